The summed E-state index contributed by atoms with van der Waals surface area (Å²) in [5, 5.41) is 6.34. The van der Waals surface area contributed by atoms with Crippen molar-refractivity contribution in [2.75, 3.05) is 5.32 Å². The van der Waals surface area contributed by atoms with Crippen molar-refractivity contribution < 1.29 is 14.1 Å². The number of ketones is 1. The van der Waals surface area contributed by atoms with Crippen LogP contribution in [0.15, 0.2) is 35.1 Å². The minimum Gasteiger partial charge on any atom is -0.364 e. The lowest BCUT2D eigenvalue weighted by atomic mass is 10.1. The van der Waals surface area contributed by atoms with Crippen molar-refractivity contribution in [3.8, 4) is 0 Å². The van der Waals surface area contributed by atoms with Gasteiger partial charge in [0.25, 0.3) is 5.91 Å². The number of aromatic nitrogens is 1. The molecule has 0 aliphatic carbocycles. The Morgan fingerprint density at radius 1 is 1.22 bits per heavy atom. The molecule has 0 aliphatic heterocycles. The summed E-state index contributed by atoms with van der Waals surface area (Å²) < 4.78 is 4.70. The third-order valence-corrected chi connectivity index (χ3v) is 2.54. The smallest absolute Gasteiger partial charge is 0.260 e. The van der Waals surface area contributed by atoms with Crippen LogP contribution in [0.4, 0.5) is 5.69 Å². The third kappa shape index (κ3) is 2.45. The minimum absolute atomic E-state index is 0.0113. The quantitative estimate of drug-likeness (QED) is 0.841. The first kappa shape index (κ1) is 12.0. The molecule has 1 aromatic carbocycles. The first-order chi connectivity index (χ1) is 8.58. The zero-order valence-electron chi connectivity index (χ0n) is 10.1. The lowest BCUT2D eigenvalue weighted by Gasteiger charge is -2.04. The largest absolute Gasteiger partial charge is 0.364 e. The van der Waals surface area contributed by atoms with Gasteiger partial charge in [0.15, 0.2) is 5.78 Å². The van der Waals surface area contributed by atoms with Crippen molar-refractivity contribution >= 4 is 17.4 Å². The molecule has 0 aliphatic rings. The maximum Gasteiger partial charge on any atom is 0.260 e. The Bertz CT molecular complexity index is 585. The van der Waals surface area contributed by atoms with Gasteiger partial charge in [-0.1, -0.05) is 5.16 Å². The van der Waals surface area contributed by atoms with Crippen molar-refractivity contribution in [3.05, 3.63) is 47.3 Å². The van der Waals surface area contributed by atoms with E-state index in [1.807, 2.05) is 0 Å². The summed E-state index contributed by atoms with van der Waals surface area (Å²) in [7, 11) is 0. The summed E-state index contributed by atoms with van der Waals surface area (Å²) >= 11 is 0. The number of nitrogens with one attached hydrogen (secondary N) is 1. The molecule has 1 amide bonds. The normalized spacial score (nSPS) is 10.1. The molecule has 18 heavy (non-hydrogen) atoms. The molecule has 5 nitrogen and oxygen atoms in total. The zero-order valence-corrected chi connectivity index (χ0v) is 10.1. The van der Waals surface area contributed by atoms with Gasteiger partial charge in [0.05, 0.1) is 5.69 Å². The van der Waals surface area contributed by atoms with E-state index in [-0.39, 0.29) is 11.7 Å². The van der Waals surface area contributed by atoms with Crippen LogP contribution in [0.1, 0.15) is 33.3 Å². The Kier molecular flexibility index (Phi) is 3.23. The number of nitrogens with zero attached hydrogens (tertiary/aromatic N) is 1. The van der Waals surface area contributed by atoms with Gasteiger partial charge in [-0.15, -0.1) is 0 Å². The molecular weight excluding hydrogens is 232 g/mol. The second kappa shape index (κ2) is 4.83. The van der Waals surface area contributed by atoms with Gasteiger partial charge in [0.1, 0.15) is 11.8 Å². The molecule has 2 rings (SSSR count). The van der Waals surface area contributed by atoms with E-state index in [4.69, 9.17) is 4.52 Å². The number of amides is 1. The molecule has 1 N–H and O–H groups in total. The molecule has 5 heteroatoms. The van der Waals surface area contributed by atoms with E-state index in [9.17, 15) is 9.59 Å². The summed E-state index contributed by atoms with van der Waals surface area (Å²) in [6.45, 7) is 3.19. The van der Waals surface area contributed by atoms with Crippen LogP contribution in [0.25, 0.3) is 0 Å². The maximum atomic E-state index is 11.8. The predicted molar refractivity (Wildman–Crippen MR) is 65.6 cm³/mol. The number of anilines is 1. The molecule has 2 aromatic rings. The summed E-state index contributed by atoms with van der Waals surface area (Å²) in [4.78, 5) is 22.9. The van der Waals surface area contributed by atoms with Gasteiger partial charge in [0.2, 0.25) is 0 Å². The number of carbonyl (C=O) groups is 2. The van der Waals surface area contributed by atoms with E-state index in [0.717, 1.165) is 0 Å². The molecule has 0 atom stereocenters. The number of rotatable bonds is 3. The molecule has 1 heterocycles. The highest BCUT2D eigenvalue weighted by molar-refractivity contribution is 6.05. The minimum atomic E-state index is -0.288. The monoisotopic (exact) mass is 244 g/mol. The fourth-order valence-corrected chi connectivity index (χ4v) is 1.50. The van der Waals surface area contributed by atoms with Gasteiger partial charge < -0.3 is 9.84 Å². The Morgan fingerprint density at radius 2 is 1.89 bits per heavy atom. The van der Waals surface area contributed by atoms with Crippen LogP contribution in [-0.4, -0.2) is 16.8 Å². The Balaban J connectivity index is 2.13. The van der Waals surface area contributed by atoms with E-state index in [1.54, 1.807) is 31.2 Å². The van der Waals surface area contributed by atoms with Gasteiger partial charge in [-0.2, -0.15) is 0 Å². The molecule has 92 valence electrons. The predicted octanol–water partition coefficient (Wildman–Crippen LogP) is 2.44. The Labute approximate surface area is 104 Å². The molecule has 0 spiro atoms. The van der Waals surface area contributed by atoms with Gasteiger partial charge in [-0.05, 0) is 38.1 Å². The van der Waals surface area contributed by atoms with Gasteiger partial charge in [-0.25, -0.2) is 0 Å². The highest BCUT2D eigenvalue weighted by atomic mass is 16.5. The second-order valence-electron chi connectivity index (χ2n) is 3.90. The van der Waals surface area contributed by atoms with Gasteiger partial charge >= 0.3 is 0 Å². The lowest BCUT2D eigenvalue weighted by molar-refractivity contribution is 0.101. The van der Waals surface area contributed by atoms with Gasteiger partial charge in [-0.3, -0.25) is 9.59 Å². The van der Waals surface area contributed by atoms with Crippen molar-refractivity contribution in [1.82, 2.24) is 5.16 Å². The highest BCUT2D eigenvalue weighted by Gasteiger charge is 2.12. The van der Waals surface area contributed by atoms with Crippen molar-refractivity contribution in [1.29, 1.82) is 0 Å². The molecule has 0 radical (unpaired) electrons. The summed E-state index contributed by atoms with van der Waals surface area (Å²) in [6.07, 6.45) is 1.30. The molecule has 0 saturated heterocycles. The van der Waals surface area contributed by atoms with Crippen LogP contribution in [-0.2, 0) is 0 Å². The van der Waals surface area contributed by atoms with Crippen molar-refractivity contribution in [3.63, 3.8) is 0 Å². The second-order valence-corrected chi connectivity index (χ2v) is 3.90. The summed E-state index contributed by atoms with van der Waals surface area (Å²) in [5.74, 6) is -0.299. The number of Topliss-reactive ketones (excluding diaryl/α,β-unsaturated/α-hetero) is 1. The van der Waals surface area contributed by atoms with Crippen molar-refractivity contribution in [2.45, 2.75) is 13.8 Å². The average molecular weight is 244 g/mol. The number of hydrogen-bond acceptors (Lipinski definition) is 4. The third-order valence-electron chi connectivity index (χ3n) is 2.54. The number of aryl methyl sites for hydroxylation is 1. The van der Waals surface area contributed by atoms with Crippen LogP contribution in [0.2, 0.25) is 0 Å². The SMILES string of the molecule is CC(=O)c1ccc(NC(=O)c2conc2C)cc1. The molecule has 0 unspecified atom stereocenters. The number of benzene rings is 1. The van der Waals surface area contributed by atoms with E-state index >= 15 is 0 Å². The Morgan fingerprint density at radius 3 is 2.39 bits per heavy atom. The van der Waals surface area contributed by atoms with Crippen LogP contribution >= 0.6 is 0 Å². The number of hydrogen-bond donors (Lipinski definition) is 1. The molecule has 0 bridgehead atoms. The zero-order chi connectivity index (χ0) is 13.1. The fraction of sp³-hybridized carbons (Fsp3) is 0.154. The molecule has 1 aromatic heterocycles. The van der Waals surface area contributed by atoms with Crippen LogP contribution in [0, 0.1) is 6.92 Å². The topological polar surface area (TPSA) is 72.2 Å². The van der Waals surface area contributed by atoms with E-state index < -0.39 is 0 Å². The van der Waals surface area contributed by atoms with Crippen LogP contribution < -0.4 is 5.32 Å². The molecule has 0 saturated carbocycles. The van der Waals surface area contributed by atoms with Crippen molar-refractivity contribution in [2.24, 2.45) is 0 Å². The first-order valence-electron chi connectivity index (χ1n) is 5.41. The van der Waals surface area contributed by atoms with E-state index in [0.29, 0.717) is 22.5 Å². The maximum absolute atomic E-state index is 11.8. The number of carbonyl (C=O) groups excluding carboxylic acids is 2. The highest BCUT2D eigenvalue weighted by Crippen LogP contribution is 2.13. The Hall–Kier alpha value is -2.43. The standard InChI is InChI=1S/C13H12N2O3/c1-8-12(7-18-15-8)13(17)14-11-5-3-10(4-6-11)9(2)16/h3-7H,1-2H3,(H,14,17). The lowest BCUT2D eigenvalue weighted by Crippen LogP contribution is -2.12. The van der Waals surface area contributed by atoms with Crippen LogP contribution in [0.3, 0.4) is 0 Å². The first-order valence-corrected chi connectivity index (χ1v) is 5.41. The summed E-state index contributed by atoms with van der Waals surface area (Å²) in [5.41, 5.74) is 2.15. The fourth-order valence-electron chi connectivity index (χ4n) is 1.50. The van der Waals surface area contributed by atoms with Crippen LogP contribution in [0.5, 0.6) is 0 Å². The van der Waals surface area contributed by atoms with E-state index in [1.165, 1.54) is 13.2 Å². The molecular formula is C13H12N2O3. The molecule has 0 fully saturated rings. The summed E-state index contributed by atoms with van der Waals surface area (Å²) in [6, 6.07) is 6.69. The van der Waals surface area contributed by atoms with Gasteiger partial charge in [0, 0.05) is 11.3 Å². The van der Waals surface area contributed by atoms with E-state index in [2.05, 4.69) is 10.5 Å². The average Bonchev–Trinajstić information content (AvgIpc) is 2.76.